The molecule has 1 aromatic carbocycles. The Morgan fingerprint density at radius 3 is 2.56 bits per heavy atom. The fraction of sp³-hybridized carbons (Fsp3) is 0.214. The van der Waals surface area contributed by atoms with E-state index in [0.717, 1.165) is 24.1 Å². The summed E-state index contributed by atoms with van der Waals surface area (Å²) in [5, 5.41) is 9.87. The average Bonchev–Trinajstić information content (AvgIpc) is 3.09. The number of carboxylic acids is 1. The smallest absolute Gasteiger partial charge is 0.352 e. The topological polar surface area (TPSA) is 42.2 Å². The largest absolute Gasteiger partial charge is 0.477 e. The van der Waals surface area contributed by atoms with Crippen molar-refractivity contribution in [2.24, 2.45) is 0 Å². The van der Waals surface area contributed by atoms with Crippen LogP contribution in [0.4, 0.5) is 0 Å². The Hall–Kier alpha value is -1.74. The summed E-state index contributed by atoms with van der Waals surface area (Å²) in [7, 11) is 0. The third-order valence-electron chi connectivity index (χ3n) is 3.20. The molecule has 1 aliphatic carbocycles. The molecule has 1 aromatic heterocycles. The first-order valence-electron chi connectivity index (χ1n) is 5.88. The first kappa shape index (κ1) is 11.4. The highest BCUT2D eigenvalue weighted by Gasteiger charge is 2.30. The minimum Gasteiger partial charge on any atom is -0.477 e. The van der Waals surface area contributed by atoms with Crippen LogP contribution in [0.15, 0.2) is 36.4 Å². The molecule has 2 aromatic rings. The van der Waals surface area contributed by atoms with E-state index in [1.807, 2.05) is 34.9 Å². The molecule has 0 amide bonds. The molecule has 3 nitrogen and oxygen atoms in total. The van der Waals surface area contributed by atoms with Crippen molar-refractivity contribution < 1.29 is 9.90 Å². The van der Waals surface area contributed by atoms with Gasteiger partial charge in [0.25, 0.3) is 0 Å². The predicted octanol–water partition coefficient (Wildman–Crippen LogP) is 3.84. The van der Waals surface area contributed by atoms with Gasteiger partial charge in [-0.05, 0) is 31.0 Å². The van der Waals surface area contributed by atoms with E-state index < -0.39 is 5.97 Å². The summed E-state index contributed by atoms with van der Waals surface area (Å²) in [4.78, 5) is 11.2. The van der Waals surface area contributed by atoms with E-state index in [1.165, 1.54) is 0 Å². The first-order chi connectivity index (χ1) is 8.68. The van der Waals surface area contributed by atoms with Gasteiger partial charge in [-0.15, -0.1) is 0 Å². The number of carbonyl (C=O) groups is 1. The van der Waals surface area contributed by atoms with E-state index in [2.05, 4.69) is 0 Å². The number of nitrogens with zero attached hydrogens (tertiary/aromatic N) is 1. The lowest BCUT2D eigenvalue weighted by Gasteiger charge is -2.11. The highest BCUT2D eigenvalue weighted by molar-refractivity contribution is 6.33. The van der Waals surface area contributed by atoms with Gasteiger partial charge in [-0.2, -0.15) is 0 Å². The molecule has 0 radical (unpaired) electrons. The van der Waals surface area contributed by atoms with Gasteiger partial charge < -0.3 is 9.67 Å². The Bertz CT molecular complexity index is 614. The van der Waals surface area contributed by atoms with Crippen LogP contribution in [0.2, 0.25) is 5.02 Å². The Labute approximate surface area is 110 Å². The maximum Gasteiger partial charge on any atom is 0.352 e. The van der Waals surface area contributed by atoms with Crippen molar-refractivity contribution in [1.29, 1.82) is 0 Å². The molecule has 0 aliphatic heterocycles. The molecule has 1 heterocycles. The van der Waals surface area contributed by atoms with Gasteiger partial charge in [0.2, 0.25) is 0 Å². The quantitative estimate of drug-likeness (QED) is 0.912. The molecule has 1 saturated carbocycles. The number of halogens is 1. The predicted molar refractivity (Wildman–Crippen MR) is 70.1 cm³/mol. The number of benzene rings is 1. The van der Waals surface area contributed by atoms with E-state index in [0.29, 0.717) is 16.8 Å². The van der Waals surface area contributed by atoms with Crippen molar-refractivity contribution in [3.63, 3.8) is 0 Å². The molecule has 1 aliphatic rings. The summed E-state index contributed by atoms with van der Waals surface area (Å²) in [5.41, 5.74) is 2.12. The van der Waals surface area contributed by atoms with Crippen LogP contribution in [0.25, 0.3) is 11.3 Å². The van der Waals surface area contributed by atoms with Gasteiger partial charge in [0.05, 0.1) is 5.69 Å². The van der Waals surface area contributed by atoms with E-state index in [-0.39, 0.29) is 0 Å². The second kappa shape index (κ2) is 4.18. The van der Waals surface area contributed by atoms with Crippen LogP contribution in [0.5, 0.6) is 0 Å². The molecule has 0 unspecified atom stereocenters. The standard InChI is InChI=1S/C14H12ClNO2/c15-11-4-2-1-3-10(11)12-7-8-13(14(17)18)16(12)9-5-6-9/h1-4,7-9H,5-6H2,(H,17,18). The molecular weight excluding hydrogens is 250 g/mol. The molecule has 1 N–H and O–H groups in total. The Balaban J connectivity index is 2.18. The molecule has 0 bridgehead atoms. The Morgan fingerprint density at radius 2 is 1.94 bits per heavy atom. The summed E-state index contributed by atoms with van der Waals surface area (Å²) in [6.45, 7) is 0. The van der Waals surface area contributed by atoms with Gasteiger partial charge in [0.15, 0.2) is 0 Å². The number of hydrogen-bond donors (Lipinski definition) is 1. The van der Waals surface area contributed by atoms with E-state index in [9.17, 15) is 9.90 Å². The first-order valence-corrected chi connectivity index (χ1v) is 6.25. The maximum atomic E-state index is 11.2. The summed E-state index contributed by atoms with van der Waals surface area (Å²) in [6.07, 6.45) is 2.07. The van der Waals surface area contributed by atoms with Gasteiger partial charge >= 0.3 is 5.97 Å². The van der Waals surface area contributed by atoms with Crippen molar-refractivity contribution in [3.05, 3.63) is 47.1 Å². The monoisotopic (exact) mass is 261 g/mol. The van der Waals surface area contributed by atoms with Crippen LogP contribution in [-0.2, 0) is 0 Å². The maximum absolute atomic E-state index is 11.2. The summed E-state index contributed by atoms with van der Waals surface area (Å²) in [5.74, 6) is -0.889. The second-order valence-corrected chi connectivity index (χ2v) is 4.90. The number of aromatic nitrogens is 1. The van der Waals surface area contributed by atoms with Gasteiger partial charge in [-0.1, -0.05) is 29.8 Å². The molecular formula is C14H12ClNO2. The molecule has 18 heavy (non-hydrogen) atoms. The number of carboxylic acid groups (broad SMARTS) is 1. The van der Waals surface area contributed by atoms with E-state index >= 15 is 0 Å². The van der Waals surface area contributed by atoms with Crippen molar-refractivity contribution >= 4 is 17.6 Å². The summed E-state index contributed by atoms with van der Waals surface area (Å²) >= 11 is 6.18. The van der Waals surface area contributed by atoms with Crippen LogP contribution in [0.3, 0.4) is 0 Å². The Kier molecular flexibility index (Phi) is 2.63. The normalized spacial score (nSPS) is 14.7. The van der Waals surface area contributed by atoms with Crippen LogP contribution in [-0.4, -0.2) is 15.6 Å². The minimum absolute atomic E-state index is 0.303. The molecule has 1 fully saturated rings. The lowest BCUT2D eigenvalue weighted by molar-refractivity contribution is 0.0685. The third kappa shape index (κ3) is 1.81. The third-order valence-corrected chi connectivity index (χ3v) is 3.53. The van der Waals surface area contributed by atoms with Gasteiger partial charge in [0, 0.05) is 16.6 Å². The van der Waals surface area contributed by atoms with Gasteiger partial charge in [0.1, 0.15) is 5.69 Å². The van der Waals surface area contributed by atoms with Crippen molar-refractivity contribution in [3.8, 4) is 11.3 Å². The highest BCUT2D eigenvalue weighted by Crippen LogP contribution is 2.41. The second-order valence-electron chi connectivity index (χ2n) is 4.49. The zero-order valence-corrected chi connectivity index (χ0v) is 10.4. The summed E-state index contributed by atoms with van der Waals surface area (Å²) < 4.78 is 1.89. The lowest BCUT2D eigenvalue weighted by Crippen LogP contribution is -2.08. The molecule has 92 valence electrons. The van der Waals surface area contributed by atoms with Gasteiger partial charge in [-0.25, -0.2) is 4.79 Å². The van der Waals surface area contributed by atoms with Crippen molar-refractivity contribution in [2.75, 3.05) is 0 Å². The fourth-order valence-electron chi connectivity index (χ4n) is 2.24. The molecule has 0 atom stereocenters. The van der Waals surface area contributed by atoms with Crippen molar-refractivity contribution in [1.82, 2.24) is 4.57 Å². The number of hydrogen-bond acceptors (Lipinski definition) is 1. The number of aromatic carboxylic acids is 1. The van der Waals surface area contributed by atoms with Crippen LogP contribution < -0.4 is 0 Å². The molecule has 3 rings (SSSR count). The fourth-order valence-corrected chi connectivity index (χ4v) is 2.47. The van der Waals surface area contributed by atoms with Crippen LogP contribution >= 0.6 is 11.6 Å². The highest BCUT2D eigenvalue weighted by atomic mass is 35.5. The number of rotatable bonds is 3. The SMILES string of the molecule is O=C(O)c1ccc(-c2ccccc2Cl)n1C1CC1. The van der Waals surface area contributed by atoms with Crippen LogP contribution in [0, 0.1) is 0 Å². The summed E-state index contributed by atoms with van der Waals surface area (Å²) in [6, 6.07) is 11.3. The lowest BCUT2D eigenvalue weighted by atomic mass is 10.1. The van der Waals surface area contributed by atoms with Gasteiger partial charge in [-0.3, -0.25) is 0 Å². The Morgan fingerprint density at radius 1 is 1.22 bits per heavy atom. The van der Waals surface area contributed by atoms with E-state index in [1.54, 1.807) is 6.07 Å². The van der Waals surface area contributed by atoms with Crippen LogP contribution in [0.1, 0.15) is 29.4 Å². The zero-order chi connectivity index (χ0) is 12.7. The molecule has 0 spiro atoms. The van der Waals surface area contributed by atoms with E-state index in [4.69, 9.17) is 11.6 Å². The van der Waals surface area contributed by atoms with Crippen molar-refractivity contribution in [2.45, 2.75) is 18.9 Å². The zero-order valence-electron chi connectivity index (χ0n) is 9.64. The molecule has 4 heteroatoms. The average molecular weight is 262 g/mol. The minimum atomic E-state index is -0.889. The molecule has 0 saturated heterocycles.